The first kappa shape index (κ1) is 14.6. The third-order valence-corrected chi connectivity index (χ3v) is 4.02. The molecule has 0 spiro atoms. The van der Waals surface area contributed by atoms with Gasteiger partial charge in [-0.3, -0.25) is 4.79 Å². The summed E-state index contributed by atoms with van der Waals surface area (Å²) in [5.74, 6) is -0.236. The Bertz CT molecular complexity index is 508. The molecule has 5 nitrogen and oxygen atoms in total. The van der Waals surface area contributed by atoms with E-state index in [2.05, 4.69) is 0 Å². The number of rotatable bonds is 5. The standard InChI is InChI=1S/C15H21NO4/c1-3-8-15(14(18)19)9-5-10-16(15)13(17)12-7-6-11(4-2)20-12/h6-7H,3-5,8-10H2,1-2H3,(H,18,19). The number of carboxylic acid groups (broad SMARTS) is 1. The molecule has 1 N–H and O–H groups in total. The molecule has 0 bridgehead atoms. The Morgan fingerprint density at radius 2 is 2.15 bits per heavy atom. The van der Waals surface area contributed by atoms with Crippen molar-refractivity contribution in [2.24, 2.45) is 0 Å². The molecule has 1 atom stereocenters. The predicted octanol–water partition coefficient (Wildman–Crippen LogP) is 2.70. The minimum absolute atomic E-state index is 0.241. The average molecular weight is 279 g/mol. The zero-order valence-corrected chi connectivity index (χ0v) is 12.0. The number of aliphatic carboxylic acids is 1. The molecule has 1 fully saturated rings. The van der Waals surface area contributed by atoms with Crippen LogP contribution in [-0.4, -0.2) is 34.0 Å². The van der Waals surface area contributed by atoms with Gasteiger partial charge in [0, 0.05) is 13.0 Å². The third-order valence-electron chi connectivity index (χ3n) is 4.02. The molecular weight excluding hydrogens is 258 g/mol. The smallest absolute Gasteiger partial charge is 0.329 e. The van der Waals surface area contributed by atoms with Gasteiger partial charge in [-0.15, -0.1) is 0 Å². The highest BCUT2D eigenvalue weighted by Crippen LogP contribution is 2.35. The molecule has 0 aromatic carbocycles. The van der Waals surface area contributed by atoms with Crippen LogP contribution in [0.15, 0.2) is 16.5 Å². The molecule has 5 heteroatoms. The van der Waals surface area contributed by atoms with E-state index >= 15 is 0 Å². The molecule has 1 saturated heterocycles. The van der Waals surface area contributed by atoms with Gasteiger partial charge in [0.05, 0.1) is 0 Å². The van der Waals surface area contributed by atoms with Crippen molar-refractivity contribution < 1.29 is 19.1 Å². The summed E-state index contributed by atoms with van der Waals surface area (Å²) in [6, 6.07) is 3.41. The number of amides is 1. The summed E-state index contributed by atoms with van der Waals surface area (Å²) in [6.45, 7) is 4.36. The lowest BCUT2D eigenvalue weighted by molar-refractivity contribution is -0.148. The molecule has 1 amide bonds. The van der Waals surface area contributed by atoms with Crippen molar-refractivity contribution in [1.29, 1.82) is 0 Å². The number of carbonyl (C=O) groups is 2. The Balaban J connectivity index is 2.29. The molecule has 1 aromatic rings. The van der Waals surface area contributed by atoms with Crippen molar-refractivity contribution in [3.63, 3.8) is 0 Å². The number of likely N-dealkylation sites (tertiary alicyclic amines) is 1. The highest BCUT2D eigenvalue weighted by atomic mass is 16.4. The highest BCUT2D eigenvalue weighted by Gasteiger charge is 2.49. The lowest BCUT2D eigenvalue weighted by Gasteiger charge is -2.34. The number of hydrogen-bond acceptors (Lipinski definition) is 3. The minimum atomic E-state index is -1.06. The number of furan rings is 1. The first-order chi connectivity index (χ1) is 9.55. The number of nitrogens with zero attached hydrogens (tertiary/aromatic N) is 1. The quantitative estimate of drug-likeness (QED) is 0.899. The number of hydrogen-bond donors (Lipinski definition) is 1. The van der Waals surface area contributed by atoms with Crippen LogP contribution in [0.5, 0.6) is 0 Å². The molecule has 1 aliphatic heterocycles. The Kier molecular flexibility index (Phi) is 4.16. The van der Waals surface area contributed by atoms with Gasteiger partial charge in [0.25, 0.3) is 5.91 Å². The van der Waals surface area contributed by atoms with Gasteiger partial charge in [-0.05, 0) is 31.4 Å². The zero-order chi connectivity index (χ0) is 14.8. The van der Waals surface area contributed by atoms with Crippen LogP contribution >= 0.6 is 0 Å². The van der Waals surface area contributed by atoms with Crippen molar-refractivity contribution >= 4 is 11.9 Å². The monoisotopic (exact) mass is 279 g/mol. The summed E-state index contributed by atoms with van der Waals surface area (Å²) in [4.78, 5) is 25.7. The predicted molar refractivity (Wildman–Crippen MR) is 73.6 cm³/mol. The SMILES string of the molecule is CCCC1(C(=O)O)CCCN1C(=O)c1ccc(CC)o1. The maximum atomic E-state index is 12.5. The molecule has 1 unspecified atom stereocenters. The largest absolute Gasteiger partial charge is 0.479 e. The van der Waals surface area contributed by atoms with Crippen LogP contribution < -0.4 is 0 Å². The van der Waals surface area contributed by atoms with Crippen LogP contribution in [0, 0.1) is 0 Å². The average Bonchev–Trinajstić information content (AvgIpc) is 3.05. The summed E-state index contributed by atoms with van der Waals surface area (Å²) in [6.07, 6.45) is 3.17. The topological polar surface area (TPSA) is 70.8 Å². The number of aryl methyl sites for hydroxylation is 1. The van der Waals surface area contributed by atoms with E-state index in [0.29, 0.717) is 25.8 Å². The van der Waals surface area contributed by atoms with E-state index in [4.69, 9.17) is 4.42 Å². The Morgan fingerprint density at radius 3 is 2.70 bits per heavy atom. The van der Waals surface area contributed by atoms with Crippen molar-refractivity contribution in [2.45, 2.75) is 51.5 Å². The van der Waals surface area contributed by atoms with Crippen LogP contribution in [0.3, 0.4) is 0 Å². The fourth-order valence-electron chi connectivity index (χ4n) is 2.99. The van der Waals surface area contributed by atoms with Gasteiger partial charge >= 0.3 is 5.97 Å². The fraction of sp³-hybridized carbons (Fsp3) is 0.600. The molecule has 0 aliphatic carbocycles. The van der Waals surface area contributed by atoms with E-state index in [9.17, 15) is 14.7 Å². The van der Waals surface area contributed by atoms with Crippen LogP contribution in [-0.2, 0) is 11.2 Å². The second-order valence-corrected chi connectivity index (χ2v) is 5.27. The lowest BCUT2D eigenvalue weighted by Crippen LogP contribution is -2.53. The van der Waals surface area contributed by atoms with Gasteiger partial charge in [-0.25, -0.2) is 4.79 Å². The van der Waals surface area contributed by atoms with Gasteiger partial charge in [0.15, 0.2) is 5.76 Å². The van der Waals surface area contributed by atoms with Crippen molar-refractivity contribution in [1.82, 2.24) is 4.90 Å². The minimum Gasteiger partial charge on any atom is -0.479 e. The normalized spacial score (nSPS) is 22.2. The fourth-order valence-corrected chi connectivity index (χ4v) is 2.99. The second kappa shape index (κ2) is 5.69. The first-order valence-corrected chi connectivity index (χ1v) is 7.19. The molecule has 2 rings (SSSR count). The van der Waals surface area contributed by atoms with E-state index in [1.165, 1.54) is 4.90 Å². The second-order valence-electron chi connectivity index (χ2n) is 5.27. The molecule has 2 heterocycles. The number of carboxylic acids is 1. The van der Waals surface area contributed by atoms with Crippen molar-refractivity contribution in [3.8, 4) is 0 Å². The van der Waals surface area contributed by atoms with E-state index in [-0.39, 0.29) is 11.7 Å². The third kappa shape index (κ3) is 2.32. The van der Waals surface area contributed by atoms with E-state index < -0.39 is 11.5 Å². The van der Waals surface area contributed by atoms with Crippen molar-refractivity contribution in [2.75, 3.05) is 6.54 Å². The van der Waals surface area contributed by atoms with Gasteiger partial charge in [0.1, 0.15) is 11.3 Å². The zero-order valence-electron chi connectivity index (χ0n) is 12.0. The Hall–Kier alpha value is -1.78. The van der Waals surface area contributed by atoms with Crippen LogP contribution in [0.4, 0.5) is 0 Å². The molecule has 1 aliphatic rings. The van der Waals surface area contributed by atoms with Gasteiger partial charge in [-0.2, -0.15) is 0 Å². The molecule has 110 valence electrons. The van der Waals surface area contributed by atoms with E-state index in [0.717, 1.165) is 18.6 Å². The molecule has 20 heavy (non-hydrogen) atoms. The lowest BCUT2D eigenvalue weighted by atomic mass is 9.90. The Labute approximate surface area is 118 Å². The summed E-state index contributed by atoms with van der Waals surface area (Å²) >= 11 is 0. The van der Waals surface area contributed by atoms with E-state index in [1.807, 2.05) is 13.8 Å². The molecule has 0 radical (unpaired) electrons. The maximum absolute atomic E-state index is 12.5. The molecule has 0 saturated carbocycles. The van der Waals surface area contributed by atoms with E-state index in [1.54, 1.807) is 12.1 Å². The van der Waals surface area contributed by atoms with Crippen molar-refractivity contribution in [3.05, 3.63) is 23.7 Å². The van der Waals surface area contributed by atoms with Crippen LogP contribution in [0.1, 0.15) is 55.8 Å². The summed E-state index contributed by atoms with van der Waals surface area (Å²) < 4.78 is 5.47. The summed E-state index contributed by atoms with van der Waals surface area (Å²) in [5, 5.41) is 9.59. The molecular formula is C15H21NO4. The molecule has 1 aromatic heterocycles. The van der Waals surface area contributed by atoms with Gasteiger partial charge in [-0.1, -0.05) is 20.3 Å². The van der Waals surface area contributed by atoms with Gasteiger partial charge in [0.2, 0.25) is 0 Å². The van der Waals surface area contributed by atoms with Crippen LogP contribution in [0.25, 0.3) is 0 Å². The maximum Gasteiger partial charge on any atom is 0.329 e. The first-order valence-electron chi connectivity index (χ1n) is 7.19. The summed E-state index contributed by atoms with van der Waals surface area (Å²) in [5.41, 5.74) is -1.06. The van der Waals surface area contributed by atoms with Crippen LogP contribution in [0.2, 0.25) is 0 Å². The number of carbonyl (C=O) groups excluding carboxylic acids is 1. The van der Waals surface area contributed by atoms with Gasteiger partial charge < -0.3 is 14.4 Å². The highest BCUT2D eigenvalue weighted by molar-refractivity contribution is 5.96. The Morgan fingerprint density at radius 1 is 1.40 bits per heavy atom. The summed E-state index contributed by atoms with van der Waals surface area (Å²) in [7, 11) is 0.